The van der Waals surface area contributed by atoms with Gasteiger partial charge in [0.25, 0.3) is 0 Å². The Kier molecular flexibility index (Phi) is 6.64. The number of hydrogen-bond acceptors (Lipinski definition) is 5. The monoisotopic (exact) mass is 479 g/mol. The first-order chi connectivity index (χ1) is 16.2. The van der Waals surface area contributed by atoms with Gasteiger partial charge in [-0.15, -0.1) is 0 Å². The Morgan fingerprint density at radius 1 is 0.939 bits per heavy atom. The van der Waals surface area contributed by atoms with Gasteiger partial charge in [-0.2, -0.15) is 0 Å². The number of aromatic amines is 1. The molecule has 2 unspecified atom stereocenters. The fraction of sp³-hybridized carbons (Fsp3) is 0.280. The molecule has 1 aliphatic carbocycles. The number of nitrogens with zero attached hydrogens (tertiary/aromatic N) is 2. The number of fused-ring (bicyclic) bond motifs is 1. The Hall–Kier alpha value is -2.84. The quantitative estimate of drug-likeness (QED) is 0.373. The molecule has 1 fully saturated rings. The number of pyridine rings is 1. The highest BCUT2D eigenvalue weighted by Gasteiger charge is 2.24. The number of nitrogens with one attached hydrogen (secondary N) is 1. The predicted octanol–water partition coefficient (Wildman–Crippen LogP) is 5.09. The number of ether oxygens (including phenoxy) is 1. The zero-order valence-electron chi connectivity index (χ0n) is 18.1. The van der Waals surface area contributed by atoms with Crippen LogP contribution in [-0.4, -0.2) is 29.5 Å². The molecule has 1 N–H and O–H groups in total. The molecule has 6 nitrogen and oxygen atoms in total. The number of hydrogen-bond donors (Lipinski definition) is 1. The molecule has 0 saturated heterocycles. The molecule has 2 aromatic heterocycles. The van der Waals surface area contributed by atoms with E-state index in [-0.39, 0.29) is 6.10 Å². The SMILES string of the molecule is O=S(c1ccncc1)S(=O)c1cc2[nH]c(Cc3ccccc3)nc2cc1OC1CCCCC1. The van der Waals surface area contributed by atoms with Crippen LogP contribution in [0, 0.1) is 0 Å². The van der Waals surface area contributed by atoms with E-state index in [1.165, 1.54) is 6.42 Å². The molecule has 2 heterocycles. The number of H-pyrrole nitrogens is 1. The maximum absolute atomic E-state index is 13.4. The van der Waals surface area contributed by atoms with Gasteiger partial charge in [0.05, 0.1) is 26.9 Å². The van der Waals surface area contributed by atoms with Crippen molar-refractivity contribution >= 4 is 30.7 Å². The smallest absolute Gasteiger partial charge is 0.151 e. The minimum Gasteiger partial charge on any atom is -0.489 e. The molecule has 0 spiro atoms. The highest BCUT2D eigenvalue weighted by atomic mass is 33.1. The third-order valence-electron chi connectivity index (χ3n) is 5.82. The second kappa shape index (κ2) is 9.97. The topological polar surface area (TPSA) is 84.9 Å². The van der Waals surface area contributed by atoms with E-state index in [2.05, 4.69) is 22.1 Å². The van der Waals surface area contributed by atoms with Crippen LogP contribution in [0.3, 0.4) is 0 Å². The molecule has 5 rings (SSSR count). The van der Waals surface area contributed by atoms with Gasteiger partial charge in [0, 0.05) is 24.9 Å². The average Bonchev–Trinajstić information content (AvgIpc) is 3.25. The average molecular weight is 480 g/mol. The summed E-state index contributed by atoms with van der Waals surface area (Å²) >= 11 is 0. The van der Waals surface area contributed by atoms with Crippen molar-refractivity contribution in [1.82, 2.24) is 15.0 Å². The van der Waals surface area contributed by atoms with Crippen LogP contribution in [0.2, 0.25) is 0 Å². The highest BCUT2D eigenvalue weighted by molar-refractivity contribution is 8.61. The minimum atomic E-state index is -1.81. The van der Waals surface area contributed by atoms with Crippen LogP contribution in [0.5, 0.6) is 5.75 Å². The number of benzene rings is 2. The summed E-state index contributed by atoms with van der Waals surface area (Å²) in [5.74, 6) is 1.32. The van der Waals surface area contributed by atoms with Crippen molar-refractivity contribution in [2.75, 3.05) is 0 Å². The first-order valence-electron chi connectivity index (χ1n) is 11.1. The van der Waals surface area contributed by atoms with E-state index >= 15 is 0 Å². The fourth-order valence-electron chi connectivity index (χ4n) is 4.15. The zero-order valence-corrected chi connectivity index (χ0v) is 19.7. The summed E-state index contributed by atoms with van der Waals surface area (Å²) in [7, 11) is -3.55. The molecule has 0 amide bonds. The van der Waals surface area contributed by atoms with Crippen LogP contribution in [0.25, 0.3) is 11.0 Å². The Morgan fingerprint density at radius 2 is 1.70 bits per heavy atom. The van der Waals surface area contributed by atoms with Crippen molar-refractivity contribution in [1.29, 1.82) is 0 Å². The summed E-state index contributed by atoms with van der Waals surface area (Å²) in [4.78, 5) is 12.9. The van der Waals surface area contributed by atoms with Gasteiger partial charge in [-0.25, -0.2) is 13.4 Å². The van der Waals surface area contributed by atoms with Gasteiger partial charge in [0.2, 0.25) is 0 Å². The molecule has 0 radical (unpaired) electrons. The normalized spacial score (nSPS) is 16.5. The highest BCUT2D eigenvalue weighted by Crippen LogP contribution is 2.33. The van der Waals surface area contributed by atoms with Gasteiger partial charge in [0.1, 0.15) is 21.4 Å². The second-order valence-corrected chi connectivity index (χ2v) is 11.9. The van der Waals surface area contributed by atoms with Gasteiger partial charge in [-0.1, -0.05) is 36.8 Å². The molecule has 8 heteroatoms. The van der Waals surface area contributed by atoms with Gasteiger partial charge in [-0.05, 0) is 49.4 Å². The maximum atomic E-state index is 13.4. The van der Waals surface area contributed by atoms with E-state index in [4.69, 9.17) is 9.72 Å². The van der Waals surface area contributed by atoms with E-state index in [1.807, 2.05) is 24.3 Å². The summed E-state index contributed by atoms with van der Waals surface area (Å²) in [5, 5.41) is 0. The van der Waals surface area contributed by atoms with Crippen molar-refractivity contribution in [2.45, 2.75) is 54.4 Å². The van der Waals surface area contributed by atoms with Crippen LogP contribution < -0.4 is 4.74 Å². The minimum absolute atomic E-state index is 0.0732. The van der Waals surface area contributed by atoms with Crippen molar-refractivity contribution < 1.29 is 13.2 Å². The molecular weight excluding hydrogens is 454 g/mol. The Morgan fingerprint density at radius 3 is 2.45 bits per heavy atom. The number of rotatable bonds is 7. The van der Waals surface area contributed by atoms with Crippen LogP contribution in [0.4, 0.5) is 0 Å². The summed E-state index contributed by atoms with van der Waals surface area (Å²) in [5.41, 5.74) is 2.66. The van der Waals surface area contributed by atoms with Crippen molar-refractivity contribution in [3.05, 3.63) is 78.4 Å². The lowest BCUT2D eigenvalue weighted by atomic mass is 9.98. The lowest BCUT2D eigenvalue weighted by Gasteiger charge is -2.24. The van der Waals surface area contributed by atoms with Crippen molar-refractivity contribution in [3.8, 4) is 5.75 Å². The first kappa shape index (κ1) is 22.0. The molecule has 0 bridgehead atoms. The Balaban J connectivity index is 1.51. The number of aromatic nitrogens is 3. The van der Waals surface area contributed by atoms with Crippen LogP contribution in [-0.2, 0) is 26.1 Å². The van der Waals surface area contributed by atoms with Gasteiger partial charge >= 0.3 is 0 Å². The maximum Gasteiger partial charge on any atom is 0.151 e. The van der Waals surface area contributed by atoms with Gasteiger partial charge in [-0.3, -0.25) is 4.98 Å². The van der Waals surface area contributed by atoms with E-state index in [0.717, 1.165) is 48.1 Å². The van der Waals surface area contributed by atoms with E-state index < -0.39 is 19.7 Å². The molecule has 33 heavy (non-hydrogen) atoms. The van der Waals surface area contributed by atoms with Gasteiger partial charge in [0.15, 0.2) is 9.83 Å². The Bertz CT molecular complexity index is 1290. The third-order valence-corrected chi connectivity index (χ3v) is 9.37. The molecular formula is C25H25N3O3S2. The lowest BCUT2D eigenvalue weighted by Crippen LogP contribution is -2.20. The first-order valence-corrected chi connectivity index (χ1v) is 14.0. The summed E-state index contributed by atoms with van der Waals surface area (Å²) in [6.07, 6.45) is 9.24. The summed E-state index contributed by atoms with van der Waals surface area (Å²) in [6, 6.07) is 17.0. The molecule has 4 aromatic rings. The lowest BCUT2D eigenvalue weighted by molar-refractivity contribution is 0.151. The largest absolute Gasteiger partial charge is 0.489 e. The molecule has 1 saturated carbocycles. The van der Waals surface area contributed by atoms with E-state index in [9.17, 15) is 8.42 Å². The summed E-state index contributed by atoms with van der Waals surface area (Å²) < 4.78 is 32.8. The zero-order chi connectivity index (χ0) is 22.6. The molecule has 170 valence electrons. The predicted molar refractivity (Wildman–Crippen MR) is 130 cm³/mol. The van der Waals surface area contributed by atoms with Crippen molar-refractivity contribution in [3.63, 3.8) is 0 Å². The van der Waals surface area contributed by atoms with E-state index in [1.54, 1.807) is 30.6 Å². The summed E-state index contributed by atoms with van der Waals surface area (Å²) in [6.45, 7) is 0. The van der Waals surface area contributed by atoms with Crippen LogP contribution in [0.1, 0.15) is 43.5 Å². The standard InChI is InChI=1S/C25H25N3O3S2/c29-32(20-11-13-26-14-12-20)33(30)24-17-22-21(16-23(24)31-19-9-5-2-6-10-19)27-25(28-22)15-18-7-3-1-4-8-18/h1,3-4,7-8,11-14,16-17,19H,2,5-6,9-10,15H2,(H,27,28). The molecule has 2 atom stereocenters. The fourth-order valence-corrected chi connectivity index (χ4v) is 7.05. The van der Waals surface area contributed by atoms with Crippen LogP contribution >= 0.6 is 0 Å². The number of imidazole rings is 1. The van der Waals surface area contributed by atoms with Crippen molar-refractivity contribution in [2.24, 2.45) is 0 Å². The van der Waals surface area contributed by atoms with E-state index in [0.29, 0.717) is 22.0 Å². The Labute approximate surface area is 197 Å². The molecule has 2 aromatic carbocycles. The molecule has 0 aliphatic heterocycles. The third kappa shape index (κ3) is 5.07. The second-order valence-electron chi connectivity index (χ2n) is 8.19. The van der Waals surface area contributed by atoms with Crippen LogP contribution in [0.15, 0.2) is 76.8 Å². The van der Waals surface area contributed by atoms with Gasteiger partial charge < -0.3 is 9.72 Å². The molecule has 1 aliphatic rings.